The van der Waals surface area contributed by atoms with Crippen LogP contribution < -0.4 is 29.0 Å². The molecule has 2 aliphatic rings. The van der Waals surface area contributed by atoms with Gasteiger partial charge in [0, 0.05) is 35.9 Å². The third kappa shape index (κ3) is 6.59. The number of allylic oxidation sites excluding steroid dienone is 3. The minimum atomic E-state index is -0.715. The van der Waals surface area contributed by atoms with Crippen LogP contribution in [-0.2, 0) is 19.1 Å². The van der Waals surface area contributed by atoms with E-state index in [0.29, 0.717) is 70.8 Å². The topological polar surface area (TPSA) is 111 Å². The molecular formula is C33H41NO9. The number of rotatable bonds is 13. The Morgan fingerprint density at radius 1 is 0.837 bits per heavy atom. The van der Waals surface area contributed by atoms with Crippen molar-refractivity contribution in [3.05, 3.63) is 64.0 Å². The fraction of sp³-hybridized carbons (Fsp3) is 0.455. The largest absolute Gasteiger partial charge is 0.493 e. The zero-order valence-electron chi connectivity index (χ0n) is 26.0. The molecule has 0 radical (unpaired) electrons. The van der Waals surface area contributed by atoms with Gasteiger partial charge in [0.15, 0.2) is 28.8 Å². The molecule has 4 rings (SSSR count). The standard InChI is InChI=1S/C33H41NO9/c1-8-41-12-13-43-33(36)29-19(3)34-23-14-21(20-10-11-25(42-9-2)26(16-20)37-4)15-24(35)31(23)30(29)22-17-27(38-5)32(40-7)28(18-22)39-6/h10-11,16-18,21,30,34H,8-9,12-15H2,1-7H3/t21-,30-/m1/s1. The van der Waals surface area contributed by atoms with E-state index in [1.54, 1.807) is 19.2 Å². The molecule has 2 atom stereocenters. The van der Waals surface area contributed by atoms with E-state index in [1.807, 2.05) is 39.0 Å². The van der Waals surface area contributed by atoms with Gasteiger partial charge in [0.1, 0.15) is 6.61 Å². The summed E-state index contributed by atoms with van der Waals surface area (Å²) in [6.45, 7) is 7.01. The molecule has 0 saturated heterocycles. The summed E-state index contributed by atoms with van der Waals surface area (Å²) in [6.07, 6.45) is 0.813. The predicted octanol–water partition coefficient (Wildman–Crippen LogP) is 5.06. The van der Waals surface area contributed by atoms with Crippen molar-refractivity contribution in [1.82, 2.24) is 5.32 Å². The van der Waals surface area contributed by atoms with Crippen molar-refractivity contribution < 1.29 is 42.7 Å². The van der Waals surface area contributed by atoms with Crippen molar-refractivity contribution in [1.29, 1.82) is 0 Å². The number of carbonyl (C=O) groups excluding carboxylic acids is 2. The zero-order chi connectivity index (χ0) is 31.1. The number of esters is 1. The molecule has 0 spiro atoms. The van der Waals surface area contributed by atoms with Crippen LogP contribution in [0.25, 0.3) is 0 Å². The van der Waals surface area contributed by atoms with Gasteiger partial charge in [0.05, 0.1) is 47.2 Å². The summed E-state index contributed by atoms with van der Waals surface area (Å²) >= 11 is 0. The Labute approximate surface area is 252 Å². The van der Waals surface area contributed by atoms with E-state index in [2.05, 4.69) is 5.32 Å². The average Bonchev–Trinajstić information content (AvgIpc) is 3.01. The summed E-state index contributed by atoms with van der Waals surface area (Å²) in [5.74, 6) is 1.11. The summed E-state index contributed by atoms with van der Waals surface area (Å²) in [5.41, 5.74) is 3.85. The normalized spacial score (nSPS) is 18.1. The van der Waals surface area contributed by atoms with Crippen molar-refractivity contribution in [3.8, 4) is 28.7 Å². The highest BCUT2D eigenvalue weighted by Gasteiger charge is 2.42. The van der Waals surface area contributed by atoms with Crippen LogP contribution in [-0.4, -0.2) is 66.6 Å². The van der Waals surface area contributed by atoms with E-state index < -0.39 is 11.9 Å². The molecule has 0 saturated carbocycles. The van der Waals surface area contributed by atoms with E-state index in [9.17, 15) is 9.59 Å². The molecule has 10 heteroatoms. The van der Waals surface area contributed by atoms with Crippen molar-refractivity contribution in [2.75, 3.05) is 54.9 Å². The molecule has 0 amide bonds. The van der Waals surface area contributed by atoms with Crippen LogP contribution >= 0.6 is 0 Å². The molecule has 1 N–H and O–H groups in total. The second-order valence-corrected chi connectivity index (χ2v) is 10.2. The number of benzene rings is 2. The molecule has 0 unspecified atom stereocenters. The van der Waals surface area contributed by atoms with Gasteiger partial charge >= 0.3 is 5.97 Å². The third-order valence-electron chi connectivity index (χ3n) is 7.69. The van der Waals surface area contributed by atoms with Gasteiger partial charge in [-0.05, 0) is 68.5 Å². The van der Waals surface area contributed by atoms with E-state index in [-0.39, 0.29) is 31.3 Å². The second-order valence-electron chi connectivity index (χ2n) is 10.2. The molecule has 10 nitrogen and oxygen atoms in total. The smallest absolute Gasteiger partial charge is 0.336 e. The first kappa shape index (κ1) is 31.7. The Hall–Kier alpha value is -4.18. The molecule has 0 fully saturated rings. The van der Waals surface area contributed by atoms with E-state index in [0.717, 1.165) is 11.3 Å². The van der Waals surface area contributed by atoms with Gasteiger partial charge in [0.2, 0.25) is 5.75 Å². The number of ketones is 1. The fourth-order valence-corrected chi connectivity index (χ4v) is 5.77. The average molecular weight is 596 g/mol. The van der Waals surface area contributed by atoms with Gasteiger partial charge in [-0.15, -0.1) is 0 Å². The first-order chi connectivity index (χ1) is 20.8. The van der Waals surface area contributed by atoms with Crippen molar-refractivity contribution in [2.24, 2.45) is 0 Å². The summed E-state index contributed by atoms with van der Waals surface area (Å²) in [5, 5.41) is 3.38. The maximum Gasteiger partial charge on any atom is 0.336 e. The minimum Gasteiger partial charge on any atom is -0.493 e. The highest BCUT2D eigenvalue weighted by molar-refractivity contribution is 6.04. The van der Waals surface area contributed by atoms with Gasteiger partial charge in [-0.1, -0.05) is 6.07 Å². The van der Waals surface area contributed by atoms with Gasteiger partial charge in [-0.2, -0.15) is 0 Å². The SMILES string of the molecule is CCOCCOC(=O)C1=C(C)NC2=C(C(=O)C[C@H](c3ccc(OCC)c(OC)c3)C2)[C@@H]1c1cc(OC)c(OC)c(OC)c1. The van der Waals surface area contributed by atoms with Crippen LogP contribution in [0.15, 0.2) is 52.9 Å². The van der Waals surface area contributed by atoms with Crippen LogP contribution in [0.2, 0.25) is 0 Å². The molecule has 2 aromatic carbocycles. The molecule has 1 heterocycles. The second kappa shape index (κ2) is 14.3. The lowest BCUT2D eigenvalue weighted by molar-refractivity contribution is -0.140. The molecule has 2 aromatic rings. The molecule has 0 aromatic heterocycles. The molecule has 1 aliphatic heterocycles. The first-order valence-corrected chi connectivity index (χ1v) is 14.4. The number of hydrogen-bond acceptors (Lipinski definition) is 10. The Balaban J connectivity index is 1.80. The number of nitrogens with one attached hydrogen (secondary N) is 1. The van der Waals surface area contributed by atoms with Gasteiger partial charge in [-0.25, -0.2) is 4.79 Å². The molecule has 43 heavy (non-hydrogen) atoms. The first-order valence-electron chi connectivity index (χ1n) is 14.4. The molecule has 1 aliphatic carbocycles. The van der Waals surface area contributed by atoms with Crippen LogP contribution in [0, 0.1) is 0 Å². The van der Waals surface area contributed by atoms with Crippen molar-refractivity contribution in [3.63, 3.8) is 0 Å². The Kier molecular flexibility index (Phi) is 10.6. The van der Waals surface area contributed by atoms with Gasteiger partial charge in [0.25, 0.3) is 0 Å². The maximum atomic E-state index is 14.1. The Morgan fingerprint density at radius 3 is 2.12 bits per heavy atom. The third-order valence-corrected chi connectivity index (χ3v) is 7.69. The van der Waals surface area contributed by atoms with Crippen LogP contribution in [0.5, 0.6) is 28.7 Å². The van der Waals surface area contributed by atoms with Gasteiger partial charge < -0.3 is 38.5 Å². The summed E-state index contributed by atoms with van der Waals surface area (Å²) in [7, 11) is 6.18. The summed E-state index contributed by atoms with van der Waals surface area (Å²) < 4.78 is 39.0. The Bertz CT molecular complexity index is 1390. The quantitative estimate of drug-likeness (QED) is 0.249. The fourth-order valence-electron chi connectivity index (χ4n) is 5.77. The van der Waals surface area contributed by atoms with E-state index >= 15 is 0 Å². The van der Waals surface area contributed by atoms with E-state index in [1.165, 1.54) is 21.3 Å². The van der Waals surface area contributed by atoms with Gasteiger partial charge in [-0.3, -0.25) is 4.79 Å². The number of dihydropyridines is 1. The minimum absolute atomic E-state index is 0.0718. The van der Waals surface area contributed by atoms with Crippen molar-refractivity contribution >= 4 is 11.8 Å². The molecule has 232 valence electrons. The number of methoxy groups -OCH3 is 4. The highest BCUT2D eigenvalue weighted by Crippen LogP contribution is 2.49. The number of hydrogen-bond donors (Lipinski definition) is 1. The van der Waals surface area contributed by atoms with E-state index in [4.69, 9.17) is 33.2 Å². The Morgan fingerprint density at radius 2 is 1.51 bits per heavy atom. The number of ether oxygens (including phenoxy) is 7. The molecular weight excluding hydrogens is 554 g/mol. The van der Waals surface area contributed by atoms with Crippen LogP contribution in [0.1, 0.15) is 56.6 Å². The summed E-state index contributed by atoms with van der Waals surface area (Å²) in [6, 6.07) is 9.33. The van der Waals surface area contributed by atoms with Crippen molar-refractivity contribution in [2.45, 2.75) is 45.4 Å². The lowest BCUT2D eigenvalue weighted by atomic mass is 9.71. The lowest BCUT2D eigenvalue weighted by Crippen LogP contribution is -2.36. The maximum absolute atomic E-state index is 14.1. The highest BCUT2D eigenvalue weighted by atomic mass is 16.6. The number of carbonyl (C=O) groups is 2. The lowest BCUT2D eigenvalue weighted by Gasteiger charge is -2.37. The summed E-state index contributed by atoms with van der Waals surface area (Å²) in [4.78, 5) is 27.7. The number of Topliss-reactive ketones (excluding diaryl/α,β-unsaturated/α-hetero) is 1. The van der Waals surface area contributed by atoms with Crippen LogP contribution in [0.3, 0.4) is 0 Å². The van der Waals surface area contributed by atoms with Crippen LogP contribution in [0.4, 0.5) is 0 Å². The predicted molar refractivity (Wildman–Crippen MR) is 160 cm³/mol. The molecule has 0 bridgehead atoms. The zero-order valence-corrected chi connectivity index (χ0v) is 26.0. The monoisotopic (exact) mass is 595 g/mol.